The molecule has 1 atom stereocenters. The van der Waals surface area contributed by atoms with Crippen LogP contribution in [-0.2, 0) is 4.79 Å². The second kappa shape index (κ2) is 7.02. The molecule has 0 saturated heterocycles. The van der Waals surface area contributed by atoms with Crippen molar-refractivity contribution >= 4 is 5.91 Å². The lowest BCUT2D eigenvalue weighted by atomic mass is 10.1. The van der Waals surface area contributed by atoms with Crippen molar-refractivity contribution in [3.05, 3.63) is 23.8 Å². The lowest BCUT2D eigenvalue weighted by Crippen LogP contribution is -2.37. The van der Waals surface area contributed by atoms with Crippen molar-refractivity contribution in [2.75, 3.05) is 6.54 Å². The van der Waals surface area contributed by atoms with Gasteiger partial charge in [-0.25, -0.2) is 0 Å². The van der Waals surface area contributed by atoms with Gasteiger partial charge in [-0.05, 0) is 43.9 Å². The molecule has 0 heterocycles. The summed E-state index contributed by atoms with van der Waals surface area (Å²) in [6.07, 6.45) is 0.373. The van der Waals surface area contributed by atoms with E-state index in [1.165, 1.54) is 6.07 Å². The Hall–Kier alpha value is -1.71. The van der Waals surface area contributed by atoms with Gasteiger partial charge >= 0.3 is 0 Å². The Morgan fingerprint density at radius 3 is 2.58 bits per heavy atom. The molecule has 1 rings (SSSR count). The van der Waals surface area contributed by atoms with Gasteiger partial charge in [-0.2, -0.15) is 0 Å². The summed E-state index contributed by atoms with van der Waals surface area (Å²) in [5.74, 6) is 1.07. The summed E-state index contributed by atoms with van der Waals surface area (Å²) < 4.78 is 5.52. The molecule has 4 heteroatoms. The van der Waals surface area contributed by atoms with Gasteiger partial charge in [0.1, 0.15) is 11.5 Å². The summed E-state index contributed by atoms with van der Waals surface area (Å²) in [5, 5.41) is 12.3. The molecule has 19 heavy (non-hydrogen) atoms. The van der Waals surface area contributed by atoms with Crippen molar-refractivity contribution in [2.45, 2.75) is 40.2 Å². The first-order chi connectivity index (χ1) is 8.88. The van der Waals surface area contributed by atoms with E-state index in [0.717, 1.165) is 12.0 Å². The highest BCUT2D eigenvalue weighted by atomic mass is 16.5. The number of carbonyl (C=O) groups is 1. The predicted octanol–water partition coefficient (Wildman–Crippen LogP) is 2.63. The van der Waals surface area contributed by atoms with Crippen molar-refractivity contribution in [3.63, 3.8) is 0 Å². The van der Waals surface area contributed by atoms with Gasteiger partial charge in [-0.3, -0.25) is 4.79 Å². The van der Waals surface area contributed by atoms with E-state index in [1.807, 2.05) is 6.92 Å². The van der Waals surface area contributed by atoms with Gasteiger partial charge in [-0.1, -0.05) is 13.8 Å². The Morgan fingerprint density at radius 2 is 2.00 bits per heavy atom. The predicted molar refractivity (Wildman–Crippen MR) is 75.4 cm³/mol. The molecule has 1 aromatic rings. The molecule has 1 aromatic carbocycles. The minimum atomic E-state index is -0.576. The van der Waals surface area contributed by atoms with Gasteiger partial charge in [0.05, 0.1) is 0 Å². The molecular formula is C15H23NO3. The highest BCUT2D eigenvalue weighted by Gasteiger charge is 2.14. The van der Waals surface area contributed by atoms with Gasteiger partial charge in [0.25, 0.3) is 5.91 Å². The number of amides is 1. The number of carbonyl (C=O) groups excluding carboxylic acids is 1. The van der Waals surface area contributed by atoms with Crippen molar-refractivity contribution in [1.29, 1.82) is 0 Å². The quantitative estimate of drug-likeness (QED) is 0.831. The van der Waals surface area contributed by atoms with Crippen molar-refractivity contribution in [3.8, 4) is 11.5 Å². The van der Waals surface area contributed by atoms with Crippen LogP contribution in [0.5, 0.6) is 11.5 Å². The molecule has 0 bridgehead atoms. The van der Waals surface area contributed by atoms with Crippen LogP contribution in [0.15, 0.2) is 18.2 Å². The number of phenolic OH excluding ortho intramolecular Hbond substituents is 1. The van der Waals surface area contributed by atoms with Crippen molar-refractivity contribution in [1.82, 2.24) is 5.32 Å². The maximum atomic E-state index is 11.8. The number of rotatable bonds is 6. The standard InChI is InChI=1S/C15H23NO3/c1-10(2)5-6-16-15(18)12(4)19-14-8-11(3)7-13(17)9-14/h7-10,12,17H,5-6H2,1-4H3,(H,16,18). The first-order valence-corrected chi connectivity index (χ1v) is 6.63. The fourth-order valence-electron chi connectivity index (χ4n) is 1.68. The van der Waals surface area contributed by atoms with Crippen LogP contribution in [-0.4, -0.2) is 23.7 Å². The third-order valence-electron chi connectivity index (χ3n) is 2.74. The van der Waals surface area contributed by atoms with E-state index in [0.29, 0.717) is 18.2 Å². The molecule has 0 aromatic heterocycles. The summed E-state index contributed by atoms with van der Waals surface area (Å²) >= 11 is 0. The summed E-state index contributed by atoms with van der Waals surface area (Å²) in [6, 6.07) is 4.93. The lowest BCUT2D eigenvalue weighted by Gasteiger charge is -2.15. The molecule has 0 aliphatic rings. The van der Waals surface area contributed by atoms with Crippen LogP contribution >= 0.6 is 0 Å². The maximum absolute atomic E-state index is 11.8. The molecule has 0 spiro atoms. The Balaban J connectivity index is 2.49. The number of aryl methyl sites for hydroxylation is 1. The minimum Gasteiger partial charge on any atom is -0.508 e. The van der Waals surface area contributed by atoms with Crippen LogP contribution in [0.4, 0.5) is 0 Å². The monoisotopic (exact) mass is 265 g/mol. The normalized spacial score (nSPS) is 12.3. The van der Waals surface area contributed by atoms with E-state index in [1.54, 1.807) is 19.1 Å². The molecule has 2 N–H and O–H groups in total. The second-order valence-corrected chi connectivity index (χ2v) is 5.24. The van der Waals surface area contributed by atoms with E-state index < -0.39 is 6.10 Å². The van der Waals surface area contributed by atoms with Crippen LogP contribution in [0.3, 0.4) is 0 Å². The van der Waals surface area contributed by atoms with E-state index in [2.05, 4.69) is 19.2 Å². The average Bonchev–Trinajstić information content (AvgIpc) is 2.26. The maximum Gasteiger partial charge on any atom is 0.260 e. The fraction of sp³-hybridized carbons (Fsp3) is 0.533. The molecule has 0 aliphatic heterocycles. The second-order valence-electron chi connectivity index (χ2n) is 5.24. The van der Waals surface area contributed by atoms with Crippen LogP contribution in [0.1, 0.15) is 32.8 Å². The Morgan fingerprint density at radius 1 is 1.32 bits per heavy atom. The largest absolute Gasteiger partial charge is 0.508 e. The third-order valence-corrected chi connectivity index (χ3v) is 2.74. The zero-order chi connectivity index (χ0) is 14.4. The topological polar surface area (TPSA) is 58.6 Å². The molecule has 1 amide bonds. The minimum absolute atomic E-state index is 0.137. The summed E-state index contributed by atoms with van der Waals surface area (Å²) in [5.41, 5.74) is 0.891. The summed E-state index contributed by atoms with van der Waals surface area (Å²) in [4.78, 5) is 11.8. The molecular weight excluding hydrogens is 242 g/mol. The van der Waals surface area contributed by atoms with Crippen LogP contribution < -0.4 is 10.1 Å². The highest BCUT2D eigenvalue weighted by molar-refractivity contribution is 5.80. The number of phenols is 1. The Kier molecular flexibility index (Phi) is 5.67. The van der Waals surface area contributed by atoms with Gasteiger partial charge < -0.3 is 15.2 Å². The number of hydrogen-bond donors (Lipinski definition) is 2. The van der Waals surface area contributed by atoms with E-state index >= 15 is 0 Å². The zero-order valence-electron chi connectivity index (χ0n) is 12.1. The summed E-state index contributed by atoms with van der Waals surface area (Å²) in [6.45, 7) is 8.44. The zero-order valence-corrected chi connectivity index (χ0v) is 12.1. The van der Waals surface area contributed by atoms with Gasteiger partial charge in [0.15, 0.2) is 6.10 Å². The number of aromatic hydroxyl groups is 1. The highest BCUT2D eigenvalue weighted by Crippen LogP contribution is 2.22. The van der Waals surface area contributed by atoms with E-state index in [9.17, 15) is 9.90 Å². The van der Waals surface area contributed by atoms with Crippen molar-refractivity contribution in [2.24, 2.45) is 5.92 Å². The molecule has 106 valence electrons. The van der Waals surface area contributed by atoms with Gasteiger partial charge in [0, 0.05) is 12.6 Å². The van der Waals surface area contributed by atoms with Crippen LogP contribution in [0.2, 0.25) is 0 Å². The molecule has 1 unspecified atom stereocenters. The molecule has 0 saturated carbocycles. The fourth-order valence-corrected chi connectivity index (χ4v) is 1.68. The molecule has 0 radical (unpaired) electrons. The average molecular weight is 265 g/mol. The first kappa shape index (κ1) is 15.3. The van der Waals surface area contributed by atoms with E-state index in [-0.39, 0.29) is 11.7 Å². The number of hydrogen-bond acceptors (Lipinski definition) is 3. The Bertz CT molecular complexity index is 409. The number of nitrogens with one attached hydrogen (secondary N) is 1. The molecule has 0 aliphatic carbocycles. The SMILES string of the molecule is Cc1cc(O)cc(OC(C)C(=O)NCCC(C)C)c1. The van der Waals surface area contributed by atoms with Crippen molar-refractivity contribution < 1.29 is 14.6 Å². The first-order valence-electron chi connectivity index (χ1n) is 6.63. The smallest absolute Gasteiger partial charge is 0.260 e. The van der Waals surface area contributed by atoms with Crippen LogP contribution in [0.25, 0.3) is 0 Å². The third kappa shape index (κ3) is 5.64. The van der Waals surface area contributed by atoms with Gasteiger partial charge in [-0.15, -0.1) is 0 Å². The van der Waals surface area contributed by atoms with Gasteiger partial charge in [0.2, 0.25) is 0 Å². The summed E-state index contributed by atoms with van der Waals surface area (Å²) in [7, 11) is 0. The number of ether oxygens (including phenoxy) is 1. The molecule has 4 nitrogen and oxygen atoms in total. The number of benzene rings is 1. The lowest BCUT2D eigenvalue weighted by molar-refractivity contribution is -0.127. The van der Waals surface area contributed by atoms with Crippen LogP contribution in [0, 0.1) is 12.8 Å². The van der Waals surface area contributed by atoms with E-state index in [4.69, 9.17) is 4.74 Å². The Labute approximate surface area is 114 Å². The molecule has 0 fully saturated rings.